The van der Waals surface area contributed by atoms with Crippen LogP contribution in [-0.2, 0) is 4.79 Å². The van der Waals surface area contributed by atoms with Gasteiger partial charge < -0.3 is 10.4 Å². The highest BCUT2D eigenvalue weighted by Gasteiger charge is 2.36. The predicted molar refractivity (Wildman–Crippen MR) is 77.1 cm³/mol. The van der Waals surface area contributed by atoms with Gasteiger partial charge in [-0.05, 0) is 26.7 Å². The topological polar surface area (TPSA) is 79.3 Å². The van der Waals surface area contributed by atoms with Crippen molar-refractivity contribution < 1.29 is 14.7 Å². The second-order valence-corrected chi connectivity index (χ2v) is 6.72. The van der Waals surface area contributed by atoms with Crippen molar-refractivity contribution >= 4 is 23.2 Å². The summed E-state index contributed by atoms with van der Waals surface area (Å²) in [6, 6.07) is 0. The van der Waals surface area contributed by atoms with E-state index in [1.807, 2.05) is 13.8 Å². The third-order valence-corrected chi connectivity index (χ3v) is 4.86. The number of carboxylic acids is 1. The molecule has 0 atom stereocenters. The zero-order chi connectivity index (χ0) is 14.8. The summed E-state index contributed by atoms with van der Waals surface area (Å²) in [5.74, 6) is -1.04. The van der Waals surface area contributed by atoms with Crippen molar-refractivity contribution in [3.8, 4) is 0 Å². The predicted octanol–water partition coefficient (Wildman–Crippen LogP) is 2.67. The second kappa shape index (κ2) is 5.91. The Morgan fingerprint density at radius 3 is 2.45 bits per heavy atom. The van der Waals surface area contributed by atoms with Crippen LogP contribution >= 0.6 is 11.3 Å². The first kappa shape index (κ1) is 15.0. The number of nitrogens with one attached hydrogen (secondary N) is 1. The Balaban J connectivity index is 2.17. The number of thiazole rings is 1. The standard InChI is InChI=1S/C14H20N2O3S/c1-9-12(20-10(2)15-9)13(19)16-14(8-11(17)18)6-4-3-5-7-14/h3-8H2,1-2H3,(H,16,19)(H,17,18). The highest BCUT2D eigenvalue weighted by molar-refractivity contribution is 7.13. The van der Waals surface area contributed by atoms with Crippen molar-refractivity contribution in [1.82, 2.24) is 10.3 Å². The number of hydrogen-bond acceptors (Lipinski definition) is 4. The fraction of sp³-hybridized carbons (Fsp3) is 0.643. The van der Waals surface area contributed by atoms with Gasteiger partial charge in [-0.15, -0.1) is 11.3 Å². The van der Waals surface area contributed by atoms with E-state index in [0.717, 1.165) is 37.1 Å². The number of hydrogen-bond donors (Lipinski definition) is 2. The van der Waals surface area contributed by atoms with Crippen LogP contribution in [0.2, 0.25) is 0 Å². The summed E-state index contributed by atoms with van der Waals surface area (Å²) in [5.41, 5.74) is 0.122. The van der Waals surface area contributed by atoms with Crippen LogP contribution in [0.25, 0.3) is 0 Å². The zero-order valence-corrected chi connectivity index (χ0v) is 12.7. The van der Waals surface area contributed by atoms with Crippen LogP contribution in [0.4, 0.5) is 0 Å². The molecule has 1 aromatic heterocycles. The number of carboxylic acid groups (broad SMARTS) is 1. The highest BCUT2D eigenvalue weighted by atomic mass is 32.1. The molecule has 1 aromatic rings. The van der Waals surface area contributed by atoms with E-state index >= 15 is 0 Å². The molecule has 5 nitrogen and oxygen atoms in total. The number of rotatable bonds is 4. The van der Waals surface area contributed by atoms with Gasteiger partial charge in [-0.2, -0.15) is 0 Å². The van der Waals surface area contributed by atoms with E-state index in [0.29, 0.717) is 10.6 Å². The Kier molecular flexibility index (Phi) is 4.42. The smallest absolute Gasteiger partial charge is 0.305 e. The lowest BCUT2D eigenvalue weighted by molar-refractivity contribution is -0.139. The van der Waals surface area contributed by atoms with Crippen molar-refractivity contribution in [3.63, 3.8) is 0 Å². The molecular formula is C14H20N2O3S. The van der Waals surface area contributed by atoms with E-state index < -0.39 is 11.5 Å². The quantitative estimate of drug-likeness (QED) is 0.895. The second-order valence-electron chi connectivity index (χ2n) is 5.51. The van der Waals surface area contributed by atoms with Crippen molar-refractivity contribution in [3.05, 3.63) is 15.6 Å². The van der Waals surface area contributed by atoms with Gasteiger partial charge in [0.15, 0.2) is 0 Å². The van der Waals surface area contributed by atoms with Crippen LogP contribution in [-0.4, -0.2) is 27.5 Å². The van der Waals surface area contributed by atoms with Crippen LogP contribution in [0, 0.1) is 13.8 Å². The van der Waals surface area contributed by atoms with Gasteiger partial charge in [0.1, 0.15) is 4.88 Å². The van der Waals surface area contributed by atoms with Crippen LogP contribution in [0.15, 0.2) is 0 Å². The van der Waals surface area contributed by atoms with E-state index in [9.17, 15) is 9.59 Å². The first-order chi connectivity index (χ1) is 9.42. The molecule has 2 rings (SSSR count). The minimum atomic E-state index is -0.857. The van der Waals surface area contributed by atoms with E-state index in [2.05, 4.69) is 10.3 Å². The lowest BCUT2D eigenvalue weighted by atomic mass is 9.79. The third-order valence-electron chi connectivity index (χ3n) is 3.79. The lowest BCUT2D eigenvalue weighted by Crippen LogP contribution is -2.51. The number of nitrogens with zero attached hydrogens (tertiary/aromatic N) is 1. The van der Waals surface area contributed by atoms with E-state index in [-0.39, 0.29) is 12.3 Å². The minimum absolute atomic E-state index is 0.00439. The molecule has 110 valence electrons. The molecule has 0 aliphatic heterocycles. The van der Waals surface area contributed by atoms with Crippen LogP contribution in [0.1, 0.15) is 58.9 Å². The molecule has 0 unspecified atom stereocenters. The first-order valence-corrected chi connectivity index (χ1v) is 7.72. The van der Waals surface area contributed by atoms with Crippen molar-refractivity contribution in [2.75, 3.05) is 0 Å². The van der Waals surface area contributed by atoms with Gasteiger partial charge in [0, 0.05) is 0 Å². The van der Waals surface area contributed by atoms with Gasteiger partial charge in [-0.25, -0.2) is 4.98 Å². The number of carbonyl (C=O) groups is 2. The average Bonchev–Trinajstić information content (AvgIpc) is 2.68. The monoisotopic (exact) mass is 296 g/mol. The molecule has 1 saturated carbocycles. The van der Waals surface area contributed by atoms with Crippen LogP contribution in [0.5, 0.6) is 0 Å². The lowest BCUT2D eigenvalue weighted by Gasteiger charge is -2.36. The molecule has 1 heterocycles. The minimum Gasteiger partial charge on any atom is -0.481 e. The molecule has 1 fully saturated rings. The molecule has 1 aliphatic carbocycles. The molecule has 2 N–H and O–H groups in total. The summed E-state index contributed by atoms with van der Waals surface area (Å²) in [6.45, 7) is 3.67. The molecule has 1 aliphatic rings. The molecule has 1 amide bonds. The fourth-order valence-electron chi connectivity index (χ4n) is 2.90. The summed E-state index contributed by atoms with van der Waals surface area (Å²) < 4.78 is 0. The highest BCUT2D eigenvalue weighted by Crippen LogP contribution is 2.32. The Bertz CT molecular complexity index is 518. The normalized spacial score (nSPS) is 17.7. The van der Waals surface area contributed by atoms with E-state index in [1.54, 1.807) is 0 Å². The van der Waals surface area contributed by atoms with Gasteiger partial charge in [-0.3, -0.25) is 9.59 Å². The SMILES string of the molecule is Cc1nc(C)c(C(=O)NC2(CC(=O)O)CCCCC2)s1. The van der Waals surface area contributed by atoms with Gasteiger partial charge >= 0.3 is 5.97 Å². The molecular weight excluding hydrogens is 276 g/mol. The summed E-state index contributed by atoms with van der Waals surface area (Å²) in [6.07, 6.45) is 4.51. The average molecular weight is 296 g/mol. The molecule has 6 heteroatoms. The maximum Gasteiger partial charge on any atom is 0.305 e. The maximum atomic E-state index is 12.4. The van der Waals surface area contributed by atoms with Crippen molar-refractivity contribution in [1.29, 1.82) is 0 Å². The molecule has 0 aromatic carbocycles. The number of aliphatic carboxylic acids is 1. The Morgan fingerprint density at radius 2 is 1.95 bits per heavy atom. The number of amides is 1. The molecule has 0 saturated heterocycles. The van der Waals surface area contributed by atoms with Gasteiger partial charge in [0.05, 0.1) is 22.7 Å². The molecule has 0 spiro atoms. The fourth-order valence-corrected chi connectivity index (χ4v) is 3.72. The summed E-state index contributed by atoms with van der Waals surface area (Å²) in [4.78, 5) is 28.3. The number of carbonyl (C=O) groups excluding carboxylic acids is 1. The molecule has 0 radical (unpaired) electrons. The van der Waals surface area contributed by atoms with Crippen molar-refractivity contribution in [2.45, 2.75) is 57.9 Å². The van der Waals surface area contributed by atoms with E-state index in [1.165, 1.54) is 11.3 Å². The number of aromatic nitrogens is 1. The number of aryl methyl sites for hydroxylation is 2. The Morgan fingerprint density at radius 1 is 1.30 bits per heavy atom. The van der Waals surface area contributed by atoms with Crippen LogP contribution in [0.3, 0.4) is 0 Å². The molecule has 0 bridgehead atoms. The Hall–Kier alpha value is -1.43. The largest absolute Gasteiger partial charge is 0.481 e. The Labute approximate surface area is 122 Å². The summed E-state index contributed by atoms with van der Waals surface area (Å²) in [5, 5.41) is 12.9. The molecule has 20 heavy (non-hydrogen) atoms. The van der Waals surface area contributed by atoms with Crippen molar-refractivity contribution in [2.24, 2.45) is 0 Å². The maximum absolute atomic E-state index is 12.4. The van der Waals surface area contributed by atoms with E-state index in [4.69, 9.17) is 5.11 Å². The summed E-state index contributed by atoms with van der Waals surface area (Å²) >= 11 is 1.36. The van der Waals surface area contributed by atoms with Gasteiger partial charge in [0.25, 0.3) is 5.91 Å². The summed E-state index contributed by atoms with van der Waals surface area (Å²) in [7, 11) is 0. The first-order valence-electron chi connectivity index (χ1n) is 6.90. The zero-order valence-electron chi connectivity index (χ0n) is 11.9. The van der Waals surface area contributed by atoms with Gasteiger partial charge in [0.2, 0.25) is 0 Å². The van der Waals surface area contributed by atoms with Crippen LogP contribution < -0.4 is 5.32 Å². The van der Waals surface area contributed by atoms with Gasteiger partial charge in [-0.1, -0.05) is 19.3 Å². The third kappa shape index (κ3) is 3.36.